The van der Waals surface area contributed by atoms with E-state index in [-0.39, 0.29) is 11.4 Å². The predicted molar refractivity (Wildman–Crippen MR) is 76.3 cm³/mol. The fourth-order valence-electron chi connectivity index (χ4n) is 2.34. The summed E-state index contributed by atoms with van der Waals surface area (Å²) in [6, 6.07) is 9.18. The van der Waals surface area contributed by atoms with Crippen molar-refractivity contribution in [2.75, 3.05) is 0 Å². The number of nitriles is 1. The van der Waals surface area contributed by atoms with Gasteiger partial charge in [-0.1, -0.05) is 12.1 Å². The van der Waals surface area contributed by atoms with Gasteiger partial charge in [-0.3, -0.25) is 18.5 Å². The van der Waals surface area contributed by atoms with Crippen molar-refractivity contribution in [2.24, 2.45) is 14.1 Å². The Labute approximate surface area is 118 Å². The van der Waals surface area contributed by atoms with Crippen LogP contribution in [-0.4, -0.2) is 18.7 Å². The Morgan fingerprint density at radius 1 is 1.14 bits per heavy atom. The maximum absolute atomic E-state index is 12.1. The average molecular weight is 281 g/mol. The number of benzene rings is 1. The smallest absolute Gasteiger partial charge is 0.283 e. The van der Waals surface area contributed by atoms with E-state index in [1.54, 1.807) is 4.57 Å². The van der Waals surface area contributed by atoms with Gasteiger partial charge in [0.1, 0.15) is 18.2 Å². The highest BCUT2D eigenvalue weighted by Crippen LogP contribution is 2.17. The number of fused-ring (bicyclic) bond motifs is 1. The molecule has 0 aliphatic carbocycles. The van der Waals surface area contributed by atoms with Crippen molar-refractivity contribution in [2.45, 2.75) is 0 Å². The van der Waals surface area contributed by atoms with Crippen molar-refractivity contribution in [3.8, 4) is 11.9 Å². The largest absolute Gasteiger partial charge is 0.332 e. The maximum atomic E-state index is 12.1. The molecule has 7 nitrogen and oxygen atoms in total. The number of imidazole rings is 1. The molecule has 7 heteroatoms. The van der Waals surface area contributed by atoms with Crippen LogP contribution in [-0.2, 0) is 14.1 Å². The molecule has 2 aromatic heterocycles. The van der Waals surface area contributed by atoms with Gasteiger partial charge in [-0.05, 0) is 12.1 Å². The number of nitrogens with zero attached hydrogens (tertiary/aromatic N) is 5. The molecule has 0 atom stereocenters. The van der Waals surface area contributed by atoms with Gasteiger partial charge in [-0.25, -0.2) is 9.78 Å². The molecule has 3 aromatic rings. The van der Waals surface area contributed by atoms with Crippen molar-refractivity contribution in [1.82, 2.24) is 18.7 Å². The maximum Gasteiger partial charge on any atom is 0.332 e. The van der Waals surface area contributed by atoms with Crippen LogP contribution in [0.5, 0.6) is 0 Å². The molecule has 0 saturated carbocycles. The minimum absolute atomic E-state index is 0.0947. The lowest BCUT2D eigenvalue weighted by Crippen LogP contribution is -2.40. The minimum Gasteiger partial charge on any atom is -0.283 e. The van der Waals surface area contributed by atoms with Crippen LogP contribution in [0.3, 0.4) is 0 Å². The summed E-state index contributed by atoms with van der Waals surface area (Å²) in [5.41, 5.74) is 0.231. The van der Waals surface area contributed by atoms with Crippen LogP contribution < -0.4 is 11.2 Å². The molecule has 0 spiro atoms. The van der Waals surface area contributed by atoms with Crippen LogP contribution in [0.2, 0.25) is 0 Å². The van der Waals surface area contributed by atoms with Gasteiger partial charge in [0.2, 0.25) is 0 Å². The van der Waals surface area contributed by atoms with E-state index in [2.05, 4.69) is 4.98 Å². The van der Waals surface area contributed by atoms with Gasteiger partial charge in [0.15, 0.2) is 5.56 Å². The third-order valence-corrected chi connectivity index (χ3v) is 3.43. The Morgan fingerprint density at radius 3 is 2.57 bits per heavy atom. The molecular formula is C14H11N5O2. The van der Waals surface area contributed by atoms with Gasteiger partial charge >= 0.3 is 5.69 Å². The Bertz CT molecular complexity index is 1020. The zero-order valence-electron chi connectivity index (χ0n) is 11.4. The van der Waals surface area contributed by atoms with Crippen LogP contribution in [0.4, 0.5) is 0 Å². The summed E-state index contributed by atoms with van der Waals surface area (Å²) >= 11 is 0. The summed E-state index contributed by atoms with van der Waals surface area (Å²) in [7, 11) is 2.87. The zero-order valence-corrected chi connectivity index (χ0v) is 11.4. The molecule has 3 rings (SSSR count). The molecular weight excluding hydrogens is 270 g/mol. The van der Waals surface area contributed by atoms with Crippen LogP contribution >= 0.6 is 0 Å². The molecule has 0 aliphatic rings. The first-order chi connectivity index (χ1) is 10.1. The topological polar surface area (TPSA) is 85.6 Å². The second kappa shape index (κ2) is 4.45. The standard InChI is InChI=1S/C14H11N5O2/c1-17-12(9(7-15)13(20)18(2)14(17)21)19-8-16-10-5-3-4-6-11(10)19/h3-6,8H,1-2H3. The van der Waals surface area contributed by atoms with Gasteiger partial charge in [-0.2, -0.15) is 5.26 Å². The van der Waals surface area contributed by atoms with Crippen molar-refractivity contribution in [1.29, 1.82) is 5.26 Å². The molecule has 0 radical (unpaired) electrons. The second-order valence-electron chi connectivity index (χ2n) is 4.62. The molecule has 0 aliphatic heterocycles. The quantitative estimate of drug-likeness (QED) is 0.641. The van der Waals surface area contributed by atoms with Gasteiger partial charge in [-0.15, -0.1) is 0 Å². The zero-order chi connectivity index (χ0) is 15.1. The number of para-hydroxylation sites is 2. The molecule has 0 saturated heterocycles. The van der Waals surface area contributed by atoms with E-state index < -0.39 is 11.2 Å². The number of hydrogen-bond donors (Lipinski definition) is 0. The Hall–Kier alpha value is -3.14. The van der Waals surface area contributed by atoms with Crippen molar-refractivity contribution < 1.29 is 0 Å². The molecule has 2 heterocycles. The highest BCUT2D eigenvalue weighted by molar-refractivity contribution is 5.77. The van der Waals surface area contributed by atoms with Gasteiger partial charge < -0.3 is 0 Å². The Morgan fingerprint density at radius 2 is 1.86 bits per heavy atom. The van der Waals surface area contributed by atoms with E-state index in [4.69, 9.17) is 0 Å². The fraction of sp³-hybridized carbons (Fsp3) is 0.143. The highest BCUT2D eigenvalue weighted by atomic mass is 16.2. The minimum atomic E-state index is -0.617. The lowest BCUT2D eigenvalue weighted by Gasteiger charge is -2.12. The third kappa shape index (κ3) is 1.70. The Balaban J connectivity index is 2.52. The molecule has 0 amide bonds. The lowest BCUT2D eigenvalue weighted by molar-refractivity contribution is 0.663. The summed E-state index contributed by atoms with van der Waals surface area (Å²) in [5.74, 6) is 0.222. The van der Waals surface area contributed by atoms with Crippen LogP contribution in [0, 0.1) is 11.3 Å². The van der Waals surface area contributed by atoms with Crippen LogP contribution in [0.1, 0.15) is 5.56 Å². The predicted octanol–water partition coefficient (Wildman–Crippen LogP) is 0.295. The van der Waals surface area contributed by atoms with E-state index in [0.717, 1.165) is 15.6 Å². The van der Waals surface area contributed by atoms with Crippen molar-refractivity contribution in [3.05, 3.63) is 57.0 Å². The first-order valence-corrected chi connectivity index (χ1v) is 6.19. The number of rotatable bonds is 1. The highest BCUT2D eigenvalue weighted by Gasteiger charge is 2.18. The molecule has 0 N–H and O–H groups in total. The first kappa shape index (κ1) is 12.9. The van der Waals surface area contributed by atoms with Crippen molar-refractivity contribution >= 4 is 11.0 Å². The summed E-state index contributed by atoms with van der Waals surface area (Å²) in [4.78, 5) is 28.4. The summed E-state index contributed by atoms with van der Waals surface area (Å²) < 4.78 is 3.77. The van der Waals surface area contributed by atoms with Crippen LogP contribution in [0.25, 0.3) is 16.9 Å². The SMILES string of the molecule is Cn1c(-n2cnc3ccccc32)c(C#N)c(=O)n(C)c1=O. The Kier molecular flexibility index (Phi) is 2.73. The molecule has 0 fully saturated rings. The van der Waals surface area contributed by atoms with Gasteiger partial charge in [0, 0.05) is 14.1 Å². The number of aromatic nitrogens is 4. The average Bonchev–Trinajstić information content (AvgIpc) is 2.92. The normalized spacial score (nSPS) is 10.7. The van der Waals surface area contributed by atoms with E-state index in [0.29, 0.717) is 0 Å². The molecule has 0 bridgehead atoms. The molecule has 0 unspecified atom stereocenters. The summed E-state index contributed by atoms with van der Waals surface area (Å²) in [6.45, 7) is 0. The van der Waals surface area contributed by atoms with E-state index in [1.807, 2.05) is 30.3 Å². The monoisotopic (exact) mass is 281 g/mol. The molecule has 21 heavy (non-hydrogen) atoms. The molecule has 104 valence electrons. The summed E-state index contributed by atoms with van der Waals surface area (Å²) in [6.07, 6.45) is 1.50. The fourth-order valence-corrected chi connectivity index (χ4v) is 2.34. The van der Waals surface area contributed by atoms with E-state index in [1.165, 1.54) is 25.0 Å². The van der Waals surface area contributed by atoms with Gasteiger partial charge in [0.05, 0.1) is 11.0 Å². The second-order valence-corrected chi connectivity index (χ2v) is 4.62. The van der Waals surface area contributed by atoms with Gasteiger partial charge in [0.25, 0.3) is 5.56 Å². The molecule has 1 aromatic carbocycles. The lowest BCUT2D eigenvalue weighted by atomic mass is 10.3. The van der Waals surface area contributed by atoms with Crippen LogP contribution in [0.15, 0.2) is 40.2 Å². The third-order valence-electron chi connectivity index (χ3n) is 3.43. The van der Waals surface area contributed by atoms with E-state index >= 15 is 0 Å². The van der Waals surface area contributed by atoms with Crippen molar-refractivity contribution in [3.63, 3.8) is 0 Å². The number of hydrogen-bond acceptors (Lipinski definition) is 4. The first-order valence-electron chi connectivity index (χ1n) is 6.19. The van der Waals surface area contributed by atoms with E-state index in [9.17, 15) is 14.9 Å². The summed E-state index contributed by atoms with van der Waals surface area (Å²) in [5, 5.41) is 9.30.